The minimum atomic E-state index is -0.307. The number of hydrogen-bond donors (Lipinski definition) is 1. The number of nitrogens with zero attached hydrogens (tertiary/aromatic N) is 2. The van der Waals surface area contributed by atoms with Crippen molar-refractivity contribution in [2.24, 2.45) is 11.7 Å². The van der Waals surface area contributed by atoms with Crippen LogP contribution in [0.4, 0.5) is 0 Å². The molecule has 1 saturated carbocycles. The standard InChI is InChI=1S/C15H29N3O/c1-12(2)11-14(16)15(19)18-9-7-17(8-10-18)13-5-3-4-6-13/h12-14H,3-11,16H2,1-2H3. The van der Waals surface area contributed by atoms with Crippen LogP contribution >= 0.6 is 0 Å². The molecular weight excluding hydrogens is 238 g/mol. The fourth-order valence-electron chi connectivity index (χ4n) is 3.42. The molecule has 1 saturated heterocycles. The van der Waals surface area contributed by atoms with Crippen molar-refractivity contribution < 1.29 is 4.79 Å². The monoisotopic (exact) mass is 267 g/mol. The summed E-state index contributed by atoms with van der Waals surface area (Å²) in [5.41, 5.74) is 6.00. The van der Waals surface area contributed by atoms with Gasteiger partial charge >= 0.3 is 0 Å². The zero-order chi connectivity index (χ0) is 13.8. The molecule has 2 aliphatic rings. The van der Waals surface area contributed by atoms with E-state index in [1.807, 2.05) is 4.90 Å². The molecule has 4 nitrogen and oxygen atoms in total. The minimum Gasteiger partial charge on any atom is -0.339 e. The van der Waals surface area contributed by atoms with Crippen molar-refractivity contribution in [1.82, 2.24) is 9.80 Å². The van der Waals surface area contributed by atoms with Gasteiger partial charge in [-0.25, -0.2) is 0 Å². The maximum atomic E-state index is 12.2. The highest BCUT2D eigenvalue weighted by atomic mass is 16.2. The van der Waals surface area contributed by atoms with Gasteiger partial charge in [-0.1, -0.05) is 26.7 Å². The topological polar surface area (TPSA) is 49.6 Å². The van der Waals surface area contributed by atoms with Crippen LogP contribution in [0.15, 0.2) is 0 Å². The van der Waals surface area contributed by atoms with Crippen LogP contribution in [-0.2, 0) is 4.79 Å². The third-order valence-electron chi connectivity index (χ3n) is 4.51. The van der Waals surface area contributed by atoms with Crippen molar-refractivity contribution in [3.8, 4) is 0 Å². The van der Waals surface area contributed by atoms with Gasteiger partial charge in [0, 0.05) is 32.2 Å². The summed E-state index contributed by atoms with van der Waals surface area (Å²) in [6.45, 7) is 8.02. The summed E-state index contributed by atoms with van der Waals surface area (Å²) in [7, 11) is 0. The van der Waals surface area contributed by atoms with E-state index in [1.165, 1.54) is 25.7 Å². The molecular formula is C15H29N3O. The molecule has 1 aliphatic carbocycles. The van der Waals surface area contributed by atoms with Gasteiger partial charge in [0.1, 0.15) is 0 Å². The third-order valence-corrected chi connectivity index (χ3v) is 4.51. The van der Waals surface area contributed by atoms with Crippen molar-refractivity contribution in [2.45, 2.75) is 58.0 Å². The zero-order valence-electron chi connectivity index (χ0n) is 12.5. The SMILES string of the molecule is CC(C)CC(N)C(=O)N1CCN(C2CCCC2)CC1. The van der Waals surface area contributed by atoms with E-state index < -0.39 is 0 Å². The van der Waals surface area contributed by atoms with E-state index in [9.17, 15) is 4.79 Å². The molecule has 2 rings (SSSR count). The van der Waals surface area contributed by atoms with Crippen molar-refractivity contribution in [3.63, 3.8) is 0 Å². The molecule has 1 aliphatic heterocycles. The Morgan fingerprint density at radius 3 is 2.26 bits per heavy atom. The van der Waals surface area contributed by atoms with Gasteiger partial charge in [-0.05, 0) is 25.2 Å². The number of hydrogen-bond acceptors (Lipinski definition) is 3. The molecule has 0 radical (unpaired) electrons. The Balaban J connectivity index is 1.77. The van der Waals surface area contributed by atoms with Crippen molar-refractivity contribution >= 4 is 5.91 Å². The molecule has 110 valence electrons. The van der Waals surface area contributed by atoms with Gasteiger partial charge in [-0.15, -0.1) is 0 Å². The van der Waals surface area contributed by atoms with Gasteiger partial charge in [-0.2, -0.15) is 0 Å². The lowest BCUT2D eigenvalue weighted by molar-refractivity contribution is -0.135. The molecule has 0 aromatic carbocycles. The largest absolute Gasteiger partial charge is 0.339 e. The molecule has 1 unspecified atom stereocenters. The highest BCUT2D eigenvalue weighted by Crippen LogP contribution is 2.24. The van der Waals surface area contributed by atoms with Crippen LogP contribution in [0.1, 0.15) is 46.0 Å². The smallest absolute Gasteiger partial charge is 0.239 e. The van der Waals surface area contributed by atoms with Gasteiger partial charge in [0.15, 0.2) is 0 Å². The van der Waals surface area contributed by atoms with E-state index in [4.69, 9.17) is 5.73 Å². The molecule has 0 aromatic heterocycles. The first-order chi connectivity index (χ1) is 9.08. The average Bonchev–Trinajstić information content (AvgIpc) is 2.91. The van der Waals surface area contributed by atoms with Gasteiger partial charge in [0.25, 0.3) is 0 Å². The molecule has 0 aromatic rings. The van der Waals surface area contributed by atoms with Crippen LogP contribution in [0.5, 0.6) is 0 Å². The lowest BCUT2D eigenvalue weighted by atomic mass is 10.0. The van der Waals surface area contributed by atoms with Gasteiger partial charge in [0.05, 0.1) is 6.04 Å². The molecule has 0 spiro atoms. The average molecular weight is 267 g/mol. The fourth-order valence-corrected chi connectivity index (χ4v) is 3.42. The highest BCUT2D eigenvalue weighted by Gasteiger charge is 2.29. The lowest BCUT2D eigenvalue weighted by Gasteiger charge is -2.39. The van der Waals surface area contributed by atoms with Crippen LogP contribution in [0, 0.1) is 5.92 Å². The lowest BCUT2D eigenvalue weighted by Crippen LogP contribution is -2.55. The quantitative estimate of drug-likeness (QED) is 0.838. The third kappa shape index (κ3) is 3.93. The van der Waals surface area contributed by atoms with Gasteiger partial charge in [-0.3, -0.25) is 9.69 Å². The summed E-state index contributed by atoms with van der Waals surface area (Å²) >= 11 is 0. The van der Waals surface area contributed by atoms with Crippen LogP contribution in [-0.4, -0.2) is 54.0 Å². The van der Waals surface area contributed by atoms with Crippen LogP contribution in [0.3, 0.4) is 0 Å². The van der Waals surface area contributed by atoms with Crippen molar-refractivity contribution in [2.75, 3.05) is 26.2 Å². The first-order valence-electron chi connectivity index (χ1n) is 7.86. The number of nitrogens with two attached hydrogens (primary N) is 1. The number of amides is 1. The van der Waals surface area contributed by atoms with Crippen molar-refractivity contribution in [3.05, 3.63) is 0 Å². The second kappa shape index (κ2) is 6.71. The normalized spacial score (nSPS) is 24.1. The maximum Gasteiger partial charge on any atom is 0.239 e. The number of rotatable bonds is 4. The molecule has 0 bridgehead atoms. The van der Waals surface area contributed by atoms with E-state index in [1.54, 1.807) is 0 Å². The highest BCUT2D eigenvalue weighted by molar-refractivity contribution is 5.81. The van der Waals surface area contributed by atoms with Crippen LogP contribution in [0.2, 0.25) is 0 Å². The fraction of sp³-hybridized carbons (Fsp3) is 0.933. The number of piperazine rings is 1. The summed E-state index contributed by atoms with van der Waals surface area (Å²) in [6, 6.07) is 0.472. The second-order valence-corrected chi connectivity index (χ2v) is 6.54. The second-order valence-electron chi connectivity index (χ2n) is 6.54. The molecule has 4 heteroatoms. The Labute approximate surface area is 117 Å². The summed E-state index contributed by atoms with van der Waals surface area (Å²) < 4.78 is 0. The molecule has 2 fully saturated rings. The van der Waals surface area contributed by atoms with Gasteiger partial charge < -0.3 is 10.6 Å². The molecule has 19 heavy (non-hydrogen) atoms. The minimum absolute atomic E-state index is 0.153. The van der Waals surface area contributed by atoms with Crippen LogP contribution in [0.25, 0.3) is 0 Å². The Kier molecular flexibility index (Phi) is 5.22. The van der Waals surface area contributed by atoms with E-state index in [-0.39, 0.29) is 11.9 Å². The number of carbonyl (C=O) groups excluding carboxylic acids is 1. The Morgan fingerprint density at radius 2 is 1.74 bits per heavy atom. The summed E-state index contributed by atoms with van der Waals surface area (Å²) in [5.74, 6) is 0.637. The van der Waals surface area contributed by atoms with E-state index >= 15 is 0 Å². The Morgan fingerprint density at radius 1 is 1.16 bits per heavy atom. The molecule has 1 atom stereocenters. The molecule has 1 heterocycles. The zero-order valence-corrected chi connectivity index (χ0v) is 12.5. The van der Waals surface area contributed by atoms with Crippen molar-refractivity contribution in [1.29, 1.82) is 0 Å². The summed E-state index contributed by atoms with van der Waals surface area (Å²) in [6.07, 6.45) is 6.25. The maximum absolute atomic E-state index is 12.2. The first kappa shape index (κ1) is 14.8. The number of carbonyl (C=O) groups is 1. The Hall–Kier alpha value is -0.610. The summed E-state index contributed by atoms with van der Waals surface area (Å²) in [5, 5.41) is 0. The van der Waals surface area contributed by atoms with E-state index in [0.29, 0.717) is 5.92 Å². The predicted octanol–water partition coefficient (Wildman–Crippen LogP) is 1.45. The predicted molar refractivity (Wildman–Crippen MR) is 77.8 cm³/mol. The van der Waals surface area contributed by atoms with E-state index in [2.05, 4.69) is 18.7 Å². The van der Waals surface area contributed by atoms with Gasteiger partial charge in [0.2, 0.25) is 5.91 Å². The summed E-state index contributed by atoms with van der Waals surface area (Å²) in [4.78, 5) is 16.8. The first-order valence-corrected chi connectivity index (χ1v) is 7.86. The molecule has 2 N–H and O–H groups in total. The van der Waals surface area contributed by atoms with Crippen LogP contribution < -0.4 is 5.73 Å². The van der Waals surface area contributed by atoms with E-state index in [0.717, 1.165) is 38.6 Å². The Bertz CT molecular complexity index is 292. The molecule has 1 amide bonds.